The van der Waals surface area contributed by atoms with E-state index in [1.54, 1.807) is 27.0 Å². The molecular formula is C35H44ClN5O6S. The van der Waals surface area contributed by atoms with Crippen molar-refractivity contribution in [1.29, 1.82) is 0 Å². The number of pyridine rings is 1. The molecule has 5 rings (SSSR count). The van der Waals surface area contributed by atoms with Gasteiger partial charge in [0, 0.05) is 72.7 Å². The molecule has 4 heterocycles. The van der Waals surface area contributed by atoms with Gasteiger partial charge < -0.3 is 25.0 Å². The minimum atomic E-state index is -0.574. The number of alkyl carbamates (subject to hydrolysis) is 1. The van der Waals surface area contributed by atoms with Crippen LogP contribution in [0, 0.1) is 6.92 Å². The van der Waals surface area contributed by atoms with Gasteiger partial charge in [-0.3, -0.25) is 24.3 Å². The van der Waals surface area contributed by atoms with Crippen LogP contribution in [0.5, 0.6) is 5.75 Å². The molecule has 11 nitrogen and oxygen atoms in total. The zero-order chi connectivity index (χ0) is 34.4. The van der Waals surface area contributed by atoms with Crippen molar-refractivity contribution in [2.45, 2.75) is 84.5 Å². The Balaban J connectivity index is 1.13. The Hall–Kier alpha value is -3.74. The number of ether oxygens (including phenoxy) is 2. The van der Waals surface area contributed by atoms with Crippen LogP contribution in [0.15, 0.2) is 30.5 Å². The SMILES string of the molecule is Cc1cc(Cl)cc(-c2ccnc3cc(CN4C(=O)CCC4=O)sc23)c1OC1CCN(CCCNC(=O)CCNC(=O)OC(C)(C)C)CC1. The van der Waals surface area contributed by atoms with E-state index in [1.165, 1.54) is 16.2 Å². The number of carbonyl (C=O) groups is 4. The van der Waals surface area contributed by atoms with E-state index in [1.807, 2.05) is 31.2 Å². The van der Waals surface area contributed by atoms with Crippen LogP contribution < -0.4 is 15.4 Å². The lowest BCUT2D eigenvalue weighted by Gasteiger charge is -2.33. The van der Waals surface area contributed by atoms with Crippen molar-refractivity contribution >= 4 is 57.0 Å². The van der Waals surface area contributed by atoms with E-state index in [9.17, 15) is 19.2 Å². The molecule has 2 aliphatic heterocycles. The van der Waals surface area contributed by atoms with Gasteiger partial charge in [-0.25, -0.2) is 4.79 Å². The number of nitrogens with zero attached hydrogens (tertiary/aromatic N) is 3. The zero-order valence-corrected chi connectivity index (χ0v) is 29.6. The summed E-state index contributed by atoms with van der Waals surface area (Å²) in [6, 6.07) is 7.76. The Kier molecular flexibility index (Phi) is 11.6. The van der Waals surface area contributed by atoms with Crippen LogP contribution >= 0.6 is 22.9 Å². The standard InChI is InChI=1S/C35H44ClN5O6S/c1-22-18-23(36)19-27(26-8-13-37-28-20-25(48-33(26)28)21-41-30(43)6-7-31(41)44)32(22)46-24-10-16-40(17-11-24)15-5-12-38-29(42)9-14-39-34(45)47-35(2,3)4/h8,13,18-20,24H,5-7,9-12,14-17,21H2,1-4H3,(H,38,42)(H,39,45). The van der Waals surface area contributed by atoms with E-state index >= 15 is 0 Å². The maximum atomic E-state index is 12.2. The van der Waals surface area contributed by atoms with Crippen LogP contribution in [0.2, 0.25) is 5.02 Å². The first-order valence-electron chi connectivity index (χ1n) is 16.5. The van der Waals surface area contributed by atoms with E-state index in [2.05, 4.69) is 20.5 Å². The predicted molar refractivity (Wildman–Crippen MR) is 186 cm³/mol. The highest BCUT2D eigenvalue weighted by molar-refractivity contribution is 7.19. The molecule has 0 aliphatic carbocycles. The third kappa shape index (κ3) is 9.45. The third-order valence-electron chi connectivity index (χ3n) is 8.27. The second-order valence-corrected chi connectivity index (χ2v) is 14.9. The maximum absolute atomic E-state index is 12.2. The minimum absolute atomic E-state index is 0.0421. The fourth-order valence-electron chi connectivity index (χ4n) is 5.95. The average Bonchev–Trinajstić information content (AvgIpc) is 3.58. The normalized spacial score (nSPS) is 16.1. The van der Waals surface area contributed by atoms with Gasteiger partial charge in [0.1, 0.15) is 17.5 Å². The number of carbonyl (C=O) groups excluding carboxylic acids is 4. The van der Waals surface area contributed by atoms with Crippen molar-refractivity contribution in [3.8, 4) is 16.9 Å². The van der Waals surface area contributed by atoms with Crippen molar-refractivity contribution in [2.24, 2.45) is 0 Å². The Labute approximate surface area is 290 Å². The molecule has 2 N–H and O–H groups in total. The molecule has 258 valence electrons. The summed E-state index contributed by atoms with van der Waals surface area (Å²) in [7, 11) is 0. The van der Waals surface area contributed by atoms with Gasteiger partial charge in [-0.2, -0.15) is 0 Å². The lowest BCUT2D eigenvalue weighted by Crippen LogP contribution is -2.40. The van der Waals surface area contributed by atoms with Crippen molar-refractivity contribution in [1.82, 2.24) is 25.4 Å². The number of likely N-dealkylation sites (tertiary alicyclic amines) is 2. The van der Waals surface area contributed by atoms with Crippen LogP contribution in [-0.2, 0) is 25.7 Å². The quantitative estimate of drug-likeness (QED) is 0.178. The first-order chi connectivity index (χ1) is 22.9. The van der Waals surface area contributed by atoms with Crippen LogP contribution in [0.25, 0.3) is 21.3 Å². The highest BCUT2D eigenvalue weighted by Gasteiger charge is 2.30. The highest BCUT2D eigenvalue weighted by Crippen LogP contribution is 2.42. The first kappa shape index (κ1) is 35.6. The average molecular weight is 698 g/mol. The maximum Gasteiger partial charge on any atom is 0.407 e. The summed E-state index contributed by atoms with van der Waals surface area (Å²) in [6.07, 6.45) is 4.60. The van der Waals surface area contributed by atoms with E-state index in [4.69, 9.17) is 21.1 Å². The highest BCUT2D eigenvalue weighted by atomic mass is 35.5. The summed E-state index contributed by atoms with van der Waals surface area (Å²) in [5.41, 5.74) is 3.03. The molecule has 0 bridgehead atoms. The van der Waals surface area contributed by atoms with Crippen LogP contribution in [-0.4, -0.2) is 83.0 Å². The van der Waals surface area contributed by atoms with Gasteiger partial charge in [0.15, 0.2) is 0 Å². The van der Waals surface area contributed by atoms with Crippen molar-refractivity contribution < 1.29 is 28.7 Å². The van der Waals surface area contributed by atoms with Crippen LogP contribution in [0.1, 0.15) is 69.7 Å². The van der Waals surface area contributed by atoms with Crippen molar-refractivity contribution in [3.63, 3.8) is 0 Å². The Morgan fingerprint density at radius 2 is 1.77 bits per heavy atom. The van der Waals surface area contributed by atoms with Gasteiger partial charge in [-0.05, 0) is 83.3 Å². The van der Waals surface area contributed by atoms with Gasteiger partial charge in [0.05, 0.1) is 16.8 Å². The number of rotatable bonds is 12. The fraction of sp³-hybridized carbons (Fsp3) is 0.514. The number of piperidine rings is 1. The molecule has 2 aliphatic rings. The topological polar surface area (TPSA) is 130 Å². The second-order valence-electron chi connectivity index (χ2n) is 13.3. The van der Waals surface area contributed by atoms with Gasteiger partial charge >= 0.3 is 6.09 Å². The smallest absolute Gasteiger partial charge is 0.407 e. The molecule has 2 aromatic heterocycles. The number of amides is 4. The number of imide groups is 1. The lowest BCUT2D eigenvalue weighted by atomic mass is 10.0. The number of benzene rings is 1. The molecular weight excluding hydrogens is 654 g/mol. The molecule has 4 amide bonds. The molecule has 2 saturated heterocycles. The number of aromatic nitrogens is 1. The summed E-state index contributed by atoms with van der Waals surface area (Å²) in [5, 5.41) is 6.14. The number of hydrogen-bond acceptors (Lipinski definition) is 9. The Morgan fingerprint density at radius 1 is 1.04 bits per heavy atom. The third-order valence-corrected chi connectivity index (χ3v) is 9.63. The summed E-state index contributed by atoms with van der Waals surface area (Å²) in [4.78, 5) is 57.5. The van der Waals surface area contributed by atoms with E-state index < -0.39 is 11.7 Å². The number of thiophene rings is 1. The molecule has 2 fully saturated rings. The largest absolute Gasteiger partial charge is 0.489 e. The summed E-state index contributed by atoms with van der Waals surface area (Å²) < 4.78 is 12.8. The van der Waals surface area contributed by atoms with E-state index in [0.717, 1.165) is 76.4 Å². The molecule has 0 unspecified atom stereocenters. The summed E-state index contributed by atoms with van der Waals surface area (Å²) in [5.74, 6) is 0.431. The number of nitrogens with one attached hydrogen (secondary N) is 2. The van der Waals surface area contributed by atoms with Gasteiger partial charge in [0.2, 0.25) is 17.7 Å². The molecule has 1 aromatic carbocycles. The second kappa shape index (κ2) is 15.7. The van der Waals surface area contributed by atoms with Gasteiger partial charge in [0.25, 0.3) is 0 Å². The zero-order valence-electron chi connectivity index (χ0n) is 28.0. The predicted octanol–water partition coefficient (Wildman–Crippen LogP) is 5.84. The molecule has 3 aromatic rings. The van der Waals surface area contributed by atoms with Crippen LogP contribution in [0.4, 0.5) is 4.79 Å². The van der Waals surface area contributed by atoms with Crippen molar-refractivity contribution in [2.75, 3.05) is 32.7 Å². The minimum Gasteiger partial charge on any atom is -0.489 e. The number of aryl methyl sites for hydroxylation is 1. The number of halogens is 1. The number of fused-ring (bicyclic) bond motifs is 1. The monoisotopic (exact) mass is 697 g/mol. The summed E-state index contributed by atoms with van der Waals surface area (Å²) >= 11 is 8.10. The van der Waals surface area contributed by atoms with Gasteiger partial charge in [-0.15, -0.1) is 11.3 Å². The molecule has 48 heavy (non-hydrogen) atoms. The first-order valence-corrected chi connectivity index (χ1v) is 17.7. The van der Waals surface area contributed by atoms with Crippen LogP contribution in [0.3, 0.4) is 0 Å². The molecule has 0 atom stereocenters. The van der Waals surface area contributed by atoms with Gasteiger partial charge in [-0.1, -0.05) is 11.6 Å². The fourth-order valence-corrected chi connectivity index (χ4v) is 7.35. The molecule has 0 radical (unpaired) electrons. The Morgan fingerprint density at radius 3 is 2.48 bits per heavy atom. The Bertz CT molecular complexity index is 1650. The number of hydrogen-bond donors (Lipinski definition) is 2. The van der Waals surface area contributed by atoms with E-state index in [-0.39, 0.29) is 56.2 Å². The molecule has 0 spiro atoms. The van der Waals surface area contributed by atoms with Crippen molar-refractivity contribution in [3.05, 3.63) is 45.9 Å². The van der Waals surface area contributed by atoms with E-state index in [0.29, 0.717) is 11.6 Å². The molecule has 0 saturated carbocycles. The lowest BCUT2D eigenvalue weighted by molar-refractivity contribution is -0.139. The molecule has 13 heteroatoms. The summed E-state index contributed by atoms with van der Waals surface area (Å²) in [6.45, 7) is 11.1.